The second kappa shape index (κ2) is 6.22. The Morgan fingerprint density at radius 3 is 2.38 bits per heavy atom. The van der Waals surface area contributed by atoms with Crippen LogP contribution in [-0.2, 0) is 19.2 Å². The van der Waals surface area contributed by atoms with Crippen molar-refractivity contribution in [1.29, 1.82) is 0 Å². The summed E-state index contributed by atoms with van der Waals surface area (Å²) in [6.45, 7) is 3.69. The molecule has 90 valence electrons. The van der Waals surface area contributed by atoms with E-state index in [0.29, 0.717) is 32.5 Å². The van der Waals surface area contributed by atoms with E-state index in [1.807, 2.05) is 0 Å². The fourth-order valence-corrected chi connectivity index (χ4v) is 1.46. The summed E-state index contributed by atoms with van der Waals surface area (Å²) in [7, 11) is 0. The number of hydrogen-bond acceptors (Lipinski definition) is 5. The maximum Gasteiger partial charge on any atom is 0.325 e. The summed E-state index contributed by atoms with van der Waals surface area (Å²) >= 11 is 0. The SMILES string of the molecule is CC(=O)N1CCN(OC(=O)CCC=O)CC1. The van der Waals surface area contributed by atoms with Crippen molar-refractivity contribution in [1.82, 2.24) is 9.96 Å². The molecule has 0 atom stereocenters. The Hall–Kier alpha value is -1.43. The van der Waals surface area contributed by atoms with Gasteiger partial charge in [-0.15, -0.1) is 5.06 Å². The molecule has 0 unspecified atom stereocenters. The van der Waals surface area contributed by atoms with Gasteiger partial charge in [0.25, 0.3) is 0 Å². The molecule has 1 aliphatic heterocycles. The van der Waals surface area contributed by atoms with Crippen molar-refractivity contribution in [3.05, 3.63) is 0 Å². The van der Waals surface area contributed by atoms with Gasteiger partial charge in [0.1, 0.15) is 6.29 Å². The van der Waals surface area contributed by atoms with Gasteiger partial charge in [-0.05, 0) is 0 Å². The highest BCUT2D eigenvalue weighted by molar-refractivity contribution is 5.73. The third kappa shape index (κ3) is 3.98. The highest BCUT2D eigenvalue weighted by Gasteiger charge is 2.21. The van der Waals surface area contributed by atoms with Gasteiger partial charge in [-0.3, -0.25) is 9.59 Å². The molecule has 0 radical (unpaired) electrons. The second-order valence-corrected chi connectivity index (χ2v) is 3.60. The molecule has 1 amide bonds. The van der Waals surface area contributed by atoms with Crippen LogP contribution in [0.15, 0.2) is 0 Å². The van der Waals surface area contributed by atoms with E-state index in [4.69, 9.17) is 4.84 Å². The number of aldehydes is 1. The van der Waals surface area contributed by atoms with E-state index in [1.165, 1.54) is 12.0 Å². The van der Waals surface area contributed by atoms with Crippen LogP contribution in [0.5, 0.6) is 0 Å². The molecule has 1 heterocycles. The van der Waals surface area contributed by atoms with E-state index >= 15 is 0 Å². The Labute approximate surface area is 94.1 Å². The van der Waals surface area contributed by atoms with Crippen molar-refractivity contribution < 1.29 is 19.2 Å². The fourth-order valence-electron chi connectivity index (χ4n) is 1.46. The lowest BCUT2D eigenvalue weighted by Gasteiger charge is -2.32. The Morgan fingerprint density at radius 2 is 1.88 bits per heavy atom. The first-order valence-corrected chi connectivity index (χ1v) is 5.28. The van der Waals surface area contributed by atoms with Crippen LogP contribution in [0.3, 0.4) is 0 Å². The van der Waals surface area contributed by atoms with Crippen LogP contribution in [-0.4, -0.2) is 54.3 Å². The average molecular weight is 228 g/mol. The van der Waals surface area contributed by atoms with E-state index in [-0.39, 0.29) is 18.7 Å². The standard InChI is InChI=1S/C10H16N2O4/c1-9(14)11-4-6-12(7-5-11)16-10(15)3-2-8-13/h8H,2-7H2,1H3. The molecular formula is C10H16N2O4. The largest absolute Gasteiger partial charge is 0.368 e. The summed E-state index contributed by atoms with van der Waals surface area (Å²) in [4.78, 5) is 39.0. The Bertz CT molecular complexity index is 272. The smallest absolute Gasteiger partial charge is 0.325 e. The van der Waals surface area contributed by atoms with Crippen molar-refractivity contribution in [2.75, 3.05) is 26.2 Å². The first kappa shape index (κ1) is 12.6. The minimum Gasteiger partial charge on any atom is -0.368 e. The minimum atomic E-state index is -0.400. The topological polar surface area (TPSA) is 66.9 Å². The maximum absolute atomic E-state index is 11.2. The van der Waals surface area contributed by atoms with E-state index in [9.17, 15) is 14.4 Å². The van der Waals surface area contributed by atoms with Crippen LogP contribution in [0.4, 0.5) is 0 Å². The van der Waals surface area contributed by atoms with Crippen LogP contribution in [0.2, 0.25) is 0 Å². The minimum absolute atomic E-state index is 0.0342. The summed E-state index contributed by atoms with van der Waals surface area (Å²) in [5.41, 5.74) is 0. The van der Waals surface area contributed by atoms with Crippen LogP contribution < -0.4 is 0 Å². The van der Waals surface area contributed by atoms with Gasteiger partial charge >= 0.3 is 5.97 Å². The maximum atomic E-state index is 11.2. The molecule has 6 nitrogen and oxygen atoms in total. The number of carbonyl (C=O) groups is 3. The van der Waals surface area contributed by atoms with Gasteiger partial charge in [0.05, 0.1) is 19.5 Å². The van der Waals surface area contributed by atoms with Gasteiger partial charge in [0.15, 0.2) is 0 Å². The molecule has 1 fully saturated rings. The fraction of sp³-hybridized carbons (Fsp3) is 0.700. The molecule has 0 spiro atoms. The Balaban J connectivity index is 2.23. The van der Waals surface area contributed by atoms with Gasteiger partial charge in [0.2, 0.25) is 5.91 Å². The quantitative estimate of drug-likeness (QED) is 0.612. The lowest BCUT2D eigenvalue weighted by molar-refractivity contribution is -0.197. The normalized spacial score (nSPS) is 16.9. The zero-order valence-corrected chi connectivity index (χ0v) is 9.35. The summed E-state index contributed by atoms with van der Waals surface area (Å²) in [5, 5.41) is 1.53. The molecule has 0 aromatic heterocycles. The highest BCUT2D eigenvalue weighted by atomic mass is 16.7. The molecule has 0 N–H and O–H groups in total. The molecular weight excluding hydrogens is 212 g/mol. The molecule has 1 rings (SSSR count). The zero-order chi connectivity index (χ0) is 12.0. The van der Waals surface area contributed by atoms with Crippen molar-refractivity contribution >= 4 is 18.2 Å². The molecule has 0 aromatic carbocycles. The highest BCUT2D eigenvalue weighted by Crippen LogP contribution is 2.04. The lowest BCUT2D eigenvalue weighted by atomic mass is 10.3. The molecule has 1 aliphatic rings. The van der Waals surface area contributed by atoms with E-state index in [2.05, 4.69) is 0 Å². The molecule has 0 bridgehead atoms. The van der Waals surface area contributed by atoms with Crippen molar-refractivity contribution in [2.45, 2.75) is 19.8 Å². The zero-order valence-electron chi connectivity index (χ0n) is 9.35. The third-order valence-corrected chi connectivity index (χ3v) is 2.38. The molecule has 0 saturated carbocycles. The van der Waals surface area contributed by atoms with Crippen LogP contribution in [0.25, 0.3) is 0 Å². The third-order valence-electron chi connectivity index (χ3n) is 2.38. The first-order valence-electron chi connectivity index (χ1n) is 5.28. The van der Waals surface area contributed by atoms with Crippen LogP contribution in [0.1, 0.15) is 19.8 Å². The second-order valence-electron chi connectivity index (χ2n) is 3.60. The van der Waals surface area contributed by atoms with Crippen LogP contribution >= 0.6 is 0 Å². The number of piperazine rings is 1. The number of nitrogens with zero attached hydrogens (tertiary/aromatic N) is 2. The van der Waals surface area contributed by atoms with E-state index in [0.717, 1.165) is 0 Å². The molecule has 0 aliphatic carbocycles. The number of amides is 1. The van der Waals surface area contributed by atoms with Gasteiger partial charge < -0.3 is 14.5 Å². The summed E-state index contributed by atoms with van der Waals surface area (Å²) in [5.74, 6) is -0.365. The molecule has 1 saturated heterocycles. The summed E-state index contributed by atoms with van der Waals surface area (Å²) < 4.78 is 0. The molecule has 6 heteroatoms. The number of carbonyl (C=O) groups excluding carboxylic acids is 3. The van der Waals surface area contributed by atoms with Gasteiger partial charge in [0, 0.05) is 26.4 Å². The number of hydroxylamine groups is 2. The van der Waals surface area contributed by atoms with Gasteiger partial charge in [-0.2, -0.15) is 0 Å². The van der Waals surface area contributed by atoms with Gasteiger partial charge in [-0.25, -0.2) is 0 Å². The average Bonchev–Trinajstić information content (AvgIpc) is 2.27. The van der Waals surface area contributed by atoms with Crippen LogP contribution in [0, 0.1) is 0 Å². The summed E-state index contributed by atoms with van der Waals surface area (Å²) in [6.07, 6.45) is 0.984. The predicted molar refractivity (Wildman–Crippen MR) is 55.2 cm³/mol. The number of rotatable bonds is 4. The Morgan fingerprint density at radius 1 is 1.25 bits per heavy atom. The lowest BCUT2D eigenvalue weighted by Crippen LogP contribution is -2.48. The van der Waals surface area contributed by atoms with Crippen molar-refractivity contribution in [3.8, 4) is 0 Å². The van der Waals surface area contributed by atoms with E-state index in [1.54, 1.807) is 4.90 Å². The summed E-state index contributed by atoms with van der Waals surface area (Å²) in [6, 6.07) is 0. The van der Waals surface area contributed by atoms with Gasteiger partial charge in [-0.1, -0.05) is 0 Å². The monoisotopic (exact) mass is 228 g/mol. The van der Waals surface area contributed by atoms with E-state index < -0.39 is 5.97 Å². The van der Waals surface area contributed by atoms with Crippen molar-refractivity contribution in [3.63, 3.8) is 0 Å². The van der Waals surface area contributed by atoms with Crippen molar-refractivity contribution in [2.24, 2.45) is 0 Å². The molecule has 16 heavy (non-hydrogen) atoms. The first-order chi connectivity index (χ1) is 7.63. The molecule has 0 aromatic rings. The predicted octanol–water partition coefficient (Wildman–Crippen LogP) is -0.412. The Kier molecular flexibility index (Phi) is 4.91. The number of hydrogen-bond donors (Lipinski definition) is 0.